The molecule has 29 heavy (non-hydrogen) atoms. The molecule has 4 heterocycles. The number of imidazole rings is 1. The third-order valence-electron chi connectivity index (χ3n) is 5.01. The van der Waals surface area contributed by atoms with Crippen LogP contribution in [0, 0.1) is 0 Å². The van der Waals surface area contributed by atoms with Gasteiger partial charge in [0.2, 0.25) is 0 Å². The molecule has 0 amide bonds. The number of nitrogens with zero attached hydrogens (tertiary/aromatic N) is 5. The highest BCUT2D eigenvalue weighted by Crippen LogP contribution is 2.18. The molecule has 150 valence electrons. The maximum Gasteiger partial charge on any atom is 0.337 e. The number of aromatic nitrogens is 4. The topological polar surface area (TPSA) is 112 Å². The highest BCUT2D eigenvalue weighted by Gasteiger charge is 2.24. The molecule has 0 radical (unpaired) electrons. The normalized spacial score (nSPS) is 16.0. The zero-order valence-corrected chi connectivity index (χ0v) is 16.0. The first-order valence-corrected chi connectivity index (χ1v) is 9.50. The van der Waals surface area contributed by atoms with Crippen LogP contribution in [0.3, 0.4) is 0 Å². The Bertz CT molecular complexity index is 1130. The quantitative estimate of drug-likeness (QED) is 0.656. The molecule has 0 aliphatic carbocycles. The summed E-state index contributed by atoms with van der Waals surface area (Å²) >= 11 is 0. The van der Waals surface area contributed by atoms with Crippen molar-refractivity contribution in [1.29, 1.82) is 0 Å². The standard InChI is InChI=1S/C20H21N5O4/c1-2-14-10-16(29-23-14)12-25-17-9-13(19(26)27)11-22-18(17)24(20(25)28)8-6-15-5-3-4-7-21-15/h3-5,7,9,11,16H,2,6,8,10,12H2,1H3,(H,26,27)/t16-/m0/s1. The summed E-state index contributed by atoms with van der Waals surface area (Å²) in [6.45, 7) is 2.67. The van der Waals surface area contributed by atoms with Gasteiger partial charge in [0.05, 0.1) is 23.3 Å². The minimum Gasteiger partial charge on any atom is -0.478 e. The molecule has 0 fully saturated rings. The number of aromatic carboxylic acids is 1. The maximum absolute atomic E-state index is 13.2. The number of rotatable bonds is 7. The summed E-state index contributed by atoms with van der Waals surface area (Å²) in [6.07, 6.45) is 4.73. The Morgan fingerprint density at radius 2 is 2.17 bits per heavy atom. The van der Waals surface area contributed by atoms with Crippen molar-refractivity contribution in [3.8, 4) is 0 Å². The number of hydrogen-bond acceptors (Lipinski definition) is 6. The van der Waals surface area contributed by atoms with Crippen molar-refractivity contribution in [2.45, 2.75) is 45.4 Å². The predicted octanol–water partition coefficient (Wildman–Crippen LogP) is 2.09. The molecule has 0 unspecified atom stereocenters. The number of carboxylic acid groups (broad SMARTS) is 1. The average Bonchev–Trinajstić information content (AvgIpc) is 3.30. The second-order valence-corrected chi connectivity index (χ2v) is 6.93. The molecule has 3 aromatic rings. The lowest BCUT2D eigenvalue weighted by Crippen LogP contribution is -2.29. The molecule has 0 saturated carbocycles. The molecule has 1 aliphatic rings. The molecule has 0 spiro atoms. The number of pyridine rings is 2. The van der Waals surface area contributed by atoms with E-state index < -0.39 is 5.97 Å². The summed E-state index contributed by atoms with van der Waals surface area (Å²) in [5.41, 5.74) is 2.52. The number of fused-ring (bicyclic) bond motifs is 1. The summed E-state index contributed by atoms with van der Waals surface area (Å²) in [7, 11) is 0. The van der Waals surface area contributed by atoms with Crippen molar-refractivity contribution in [2.75, 3.05) is 0 Å². The van der Waals surface area contributed by atoms with Gasteiger partial charge in [0.25, 0.3) is 0 Å². The van der Waals surface area contributed by atoms with Crippen LogP contribution in [0.5, 0.6) is 0 Å². The van der Waals surface area contributed by atoms with Gasteiger partial charge in [0.1, 0.15) is 0 Å². The summed E-state index contributed by atoms with van der Waals surface area (Å²) in [5.74, 6) is -1.09. The van der Waals surface area contributed by atoms with Crippen molar-refractivity contribution in [3.05, 3.63) is 58.4 Å². The van der Waals surface area contributed by atoms with Gasteiger partial charge < -0.3 is 9.94 Å². The second-order valence-electron chi connectivity index (χ2n) is 6.93. The molecule has 9 nitrogen and oxygen atoms in total. The van der Waals surface area contributed by atoms with Crippen molar-refractivity contribution in [1.82, 2.24) is 19.1 Å². The highest BCUT2D eigenvalue weighted by molar-refractivity contribution is 5.91. The summed E-state index contributed by atoms with van der Waals surface area (Å²) < 4.78 is 3.10. The van der Waals surface area contributed by atoms with E-state index in [9.17, 15) is 14.7 Å². The fourth-order valence-electron chi connectivity index (χ4n) is 3.46. The Morgan fingerprint density at radius 3 is 2.86 bits per heavy atom. The van der Waals surface area contributed by atoms with E-state index in [4.69, 9.17) is 4.84 Å². The van der Waals surface area contributed by atoms with Crippen LogP contribution in [0.4, 0.5) is 0 Å². The number of carbonyl (C=O) groups is 1. The Morgan fingerprint density at radius 1 is 1.31 bits per heavy atom. The lowest BCUT2D eigenvalue weighted by Gasteiger charge is -2.09. The molecule has 1 N–H and O–H groups in total. The Labute approximate surface area is 166 Å². The van der Waals surface area contributed by atoms with Crippen LogP contribution in [-0.4, -0.2) is 42.0 Å². The van der Waals surface area contributed by atoms with E-state index in [1.165, 1.54) is 16.8 Å². The SMILES string of the molecule is CCC1=NO[C@H](Cn2c(=O)n(CCc3ccccn3)c3ncc(C(=O)O)cc32)C1. The molecule has 0 bridgehead atoms. The van der Waals surface area contributed by atoms with E-state index >= 15 is 0 Å². The number of aryl methyl sites for hydroxylation is 2. The minimum absolute atomic E-state index is 0.0333. The van der Waals surface area contributed by atoms with E-state index in [1.54, 1.807) is 10.8 Å². The van der Waals surface area contributed by atoms with Crippen LogP contribution >= 0.6 is 0 Å². The second kappa shape index (κ2) is 7.86. The zero-order valence-electron chi connectivity index (χ0n) is 16.0. The lowest BCUT2D eigenvalue weighted by atomic mass is 10.1. The van der Waals surface area contributed by atoms with Gasteiger partial charge in [-0.05, 0) is 24.6 Å². The number of hydrogen-bond donors (Lipinski definition) is 1. The van der Waals surface area contributed by atoms with Crippen molar-refractivity contribution in [3.63, 3.8) is 0 Å². The zero-order chi connectivity index (χ0) is 20.4. The van der Waals surface area contributed by atoms with Gasteiger partial charge in [0, 0.05) is 37.5 Å². The first kappa shape index (κ1) is 18.9. The highest BCUT2D eigenvalue weighted by atomic mass is 16.6. The third kappa shape index (κ3) is 3.75. The van der Waals surface area contributed by atoms with Crippen molar-refractivity contribution in [2.24, 2.45) is 5.16 Å². The van der Waals surface area contributed by atoms with Crippen molar-refractivity contribution < 1.29 is 14.7 Å². The molecular weight excluding hydrogens is 374 g/mol. The van der Waals surface area contributed by atoms with Crippen LogP contribution in [-0.2, 0) is 24.3 Å². The van der Waals surface area contributed by atoms with Crippen LogP contribution in [0.25, 0.3) is 11.2 Å². The van der Waals surface area contributed by atoms with E-state index in [1.807, 2.05) is 25.1 Å². The minimum atomic E-state index is -1.09. The molecule has 4 rings (SSSR count). The maximum atomic E-state index is 13.2. The first-order chi connectivity index (χ1) is 14.1. The summed E-state index contributed by atoms with van der Waals surface area (Å²) in [4.78, 5) is 38.6. The van der Waals surface area contributed by atoms with Gasteiger partial charge in [-0.2, -0.15) is 0 Å². The van der Waals surface area contributed by atoms with E-state index in [-0.39, 0.29) is 23.9 Å². The molecule has 9 heteroatoms. The molecule has 0 aromatic carbocycles. The lowest BCUT2D eigenvalue weighted by molar-refractivity contribution is 0.0696. The first-order valence-electron chi connectivity index (χ1n) is 9.50. The fraction of sp³-hybridized carbons (Fsp3) is 0.350. The summed E-state index contributed by atoms with van der Waals surface area (Å²) in [5, 5.41) is 13.4. The molecule has 0 saturated heterocycles. The Balaban J connectivity index is 1.70. The summed E-state index contributed by atoms with van der Waals surface area (Å²) in [6, 6.07) is 7.12. The molecule has 1 atom stereocenters. The monoisotopic (exact) mass is 395 g/mol. The van der Waals surface area contributed by atoms with E-state index in [0.717, 1.165) is 17.8 Å². The van der Waals surface area contributed by atoms with E-state index in [2.05, 4.69) is 15.1 Å². The van der Waals surface area contributed by atoms with Gasteiger partial charge in [-0.1, -0.05) is 18.1 Å². The van der Waals surface area contributed by atoms with Gasteiger partial charge in [-0.3, -0.25) is 14.1 Å². The van der Waals surface area contributed by atoms with E-state index in [0.29, 0.717) is 30.6 Å². The molecular formula is C20H21N5O4. The van der Waals surface area contributed by atoms with Gasteiger partial charge in [0.15, 0.2) is 11.8 Å². The van der Waals surface area contributed by atoms with Crippen LogP contribution in [0.2, 0.25) is 0 Å². The number of oxime groups is 1. The van der Waals surface area contributed by atoms with Crippen LogP contribution < -0.4 is 5.69 Å². The van der Waals surface area contributed by atoms with Gasteiger partial charge in [-0.25, -0.2) is 14.6 Å². The number of carboxylic acids is 1. The van der Waals surface area contributed by atoms with Crippen LogP contribution in [0.1, 0.15) is 35.8 Å². The molecule has 3 aromatic heterocycles. The third-order valence-corrected chi connectivity index (χ3v) is 5.01. The fourth-order valence-corrected chi connectivity index (χ4v) is 3.46. The molecule has 1 aliphatic heterocycles. The van der Waals surface area contributed by atoms with Crippen molar-refractivity contribution >= 4 is 22.8 Å². The Kier molecular flexibility index (Phi) is 5.11. The largest absolute Gasteiger partial charge is 0.478 e. The smallest absolute Gasteiger partial charge is 0.337 e. The van der Waals surface area contributed by atoms with Gasteiger partial charge in [-0.15, -0.1) is 0 Å². The van der Waals surface area contributed by atoms with Gasteiger partial charge >= 0.3 is 11.7 Å². The predicted molar refractivity (Wildman–Crippen MR) is 106 cm³/mol. The average molecular weight is 395 g/mol. The Hall–Kier alpha value is -3.49. The van der Waals surface area contributed by atoms with Crippen LogP contribution in [0.15, 0.2) is 46.6 Å².